The number of thiophene rings is 1. The van der Waals surface area contributed by atoms with Crippen molar-refractivity contribution in [1.29, 1.82) is 0 Å². The minimum absolute atomic E-state index is 0.161. The number of quaternary nitrogens is 1. The number of hydrogen-bond acceptors (Lipinski definition) is 3. The van der Waals surface area contributed by atoms with Crippen LogP contribution in [0.4, 0.5) is 0 Å². The Labute approximate surface area is 158 Å². The fraction of sp³-hybridized carbons (Fsp3) is 0.286. The number of amides is 1. The van der Waals surface area contributed by atoms with Crippen molar-refractivity contribution in [1.82, 2.24) is 4.90 Å². The summed E-state index contributed by atoms with van der Waals surface area (Å²) in [5, 5.41) is 4.37. The maximum absolute atomic E-state index is 12.5. The maximum Gasteiger partial charge on any atom is 0.277 e. The lowest BCUT2D eigenvalue weighted by Gasteiger charge is -2.20. The van der Waals surface area contributed by atoms with E-state index in [4.69, 9.17) is 4.74 Å². The third kappa shape index (κ3) is 4.62. The number of fused-ring (bicyclic) bond motifs is 1. The van der Waals surface area contributed by atoms with E-state index in [1.165, 1.54) is 9.78 Å². The summed E-state index contributed by atoms with van der Waals surface area (Å²) in [7, 11) is 5.61. The van der Waals surface area contributed by atoms with Gasteiger partial charge in [0.2, 0.25) is 0 Å². The minimum atomic E-state index is 0.161. The molecule has 3 rings (SSSR count). The highest BCUT2D eigenvalue weighted by molar-refractivity contribution is 7.09. The molecule has 4 nitrogen and oxygen atoms in total. The molecule has 0 aliphatic carbocycles. The molecule has 1 heterocycles. The molecule has 0 radical (unpaired) electrons. The average Bonchev–Trinajstić information content (AvgIpc) is 3.13. The first-order chi connectivity index (χ1) is 12.5. The molecule has 1 atom stereocenters. The summed E-state index contributed by atoms with van der Waals surface area (Å²) in [5.74, 6) is 1.02. The molecule has 0 saturated heterocycles. The van der Waals surface area contributed by atoms with Gasteiger partial charge in [-0.2, -0.15) is 0 Å². The highest BCUT2D eigenvalue weighted by atomic mass is 32.1. The zero-order valence-electron chi connectivity index (χ0n) is 15.5. The van der Waals surface area contributed by atoms with Gasteiger partial charge in [0.15, 0.2) is 6.54 Å². The Balaban J connectivity index is 1.60. The van der Waals surface area contributed by atoms with E-state index in [2.05, 4.69) is 48.8 Å². The summed E-state index contributed by atoms with van der Waals surface area (Å²) in [6.45, 7) is 2.00. The number of carbonyl (C=O) groups excluding carboxylic acids is 1. The number of nitrogens with one attached hydrogen (secondary N) is 1. The number of hydrogen-bond donors (Lipinski definition) is 1. The molecular weight excluding hydrogens is 344 g/mol. The average molecular weight is 370 g/mol. The van der Waals surface area contributed by atoms with Gasteiger partial charge in [-0.3, -0.25) is 4.79 Å². The second-order valence-electron chi connectivity index (χ2n) is 6.69. The molecule has 1 aromatic heterocycles. The van der Waals surface area contributed by atoms with Crippen LogP contribution in [0.15, 0.2) is 53.9 Å². The fourth-order valence-electron chi connectivity index (χ4n) is 3.03. The van der Waals surface area contributed by atoms with Gasteiger partial charge in [-0.15, -0.1) is 11.3 Å². The molecule has 0 spiro atoms. The smallest absolute Gasteiger partial charge is 0.277 e. The van der Waals surface area contributed by atoms with Crippen LogP contribution in [0.3, 0.4) is 0 Å². The highest BCUT2D eigenvalue weighted by Crippen LogP contribution is 2.22. The van der Waals surface area contributed by atoms with Gasteiger partial charge in [0.25, 0.3) is 5.91 Å². The van der Waals surface area contributed by atoms with Crippen molar-refractivity contribution in [2.45, 2.75) is 13.1 Å². The lowest BCUT2D eigenvalue weighted by atomic mass is 10.1. The van der Waals surface area contributed by atoms with Gasteiger partial charge >= 0.3 is 0 Å². The molecule has 136 valence electrons. The first kappa shape index (κ1) is 18.4. The number of benzene rings is 2. The Hall–Kier alpha value is -2.37. The van der Waals surface area contributed by atoms with Gasteiger partial charge in [-0.1, -0.05) is 24.3 Å². The quantitative estimate of drug-likeness (QED) is 0.695. The van der Waals surface area contributed by atoms with Crippen molar-refractivity contribution >= 4 is 28.0 Å². The normalized spacial score (nSPS) is 12.1. The monoisotopic (exact) mass is 369 g/mol. The van der Waals surface area contributed by atoms with Crippen molar-refractivity contribution in [3.05, 3.63) is 64.4 Å². The SMILES string of the molecule is COc1ccc2cc(CN(C)C(=O)C[NH+](C)Cc3cccs3)ccc2c1. The third-order valence-electron chi connectivity index (χ3n) is 4.47. The lowest BCUT2D eigenvalue weighted by molar-refractivity contribution is -0.885. The van der Waals surface area contributed by atoms with Crippen molar-refractivity contribution in [2.75, 3.05) is 27.7 Å². The van der Waals surface area contributed by atoms with Crippen LogP contribution in [-0.2, 0) is 17.9 Å². The third-order valence-corrected chi connectivity index (χ3v) is 5.34. The topological polar surface area (TPSA) is 34.0 Å². The first-order valence-electron chi connectivity index (χ1n) is 8.69. The first-order valence-corrected chi connectivity index (χ1v) is 9.57. The minimum Gasteiger partial charge on any atom is -0.497 e. The van der Waals surface area contributed by atoms with Crippen LogP contribution in [-0.4, -0.2) is 38.6 Å². The standard InChI is InChI=1S/C21H24N2O2S/c1-22(14-20-5-4-10-26-20)15-21(24)23(2)13-16-6-7-18-12-19(25-3)9-8-17(18)11-16/h4-12H,13-15H2,1-3H3/p+1. The van der Waals surface area contributed by atoms with Crippen LogP contribution in [0.25, 0.3) is 10.8 Å². The Bertz CT molecular complexity index is 877. The molecule has 0 fully saturated rings. The van der Waals surface area contributed by atoms with Gasteiger partial charge in [0, 0.05) is 13.6 Å². The second-order valence-corrected chi connectivity index (χ2v) is 7.72. The molecule has 1 N–H and O–H groups in total. The largest absolute Gasteiger partial charge is 0.497 e. The molecule has 0 aliphatic heterocycles. The molecule has 5 heteroatoms. The lowest BCUT2D eigenvalue weighted by Crippen LogP contribution is -3.08. The number of ether oxygens (including phenoxy) is 1. The van der Waals surface area contributed by atoms with Gasteiger partial charge in [0.05, 0.1) is 19.0 Å². The maximum atomic E-state index is 12.5. The van der Waals surface area contributed by atoms with Crippen molar-refractivity contribution in [3.8, 4) is 5.75 Å². The summed E-state index contributed by atoms with van der Waals surface area (Å²) in [6, 6.07) is 16.5. The van der Waals surface area contributed by atoms with Gasteiger partial charge in [-0.25, -0.2) is 0 Å². The Morgan fingerprint density at radius 1 is 1.15 bits per heavy atom. The second kappa shape index (κ2) is 8.34. The molecule has 0 aliphatic rings. The van der Waals surface area contributed by atoms with E-state index in [0.717, 1.165) is 28.6 Å². The van der Waals surface area contributed by atoms with Crippen LogP contribution in [0.5, 0.6) is 5.75 Å². The molecule has 1 amide bonds. The molecule has 26 heavy (non-hydrogen) atoms. The zero-order chi connectivity index (χ0) is 18.5. The molecular formula is C21H25N2O2S+. The molecule has 0 saturated carbocycles. The van der Waals surface area contributed by atoms with E-state index in [9.17, 15) is 4.79 Å². The van der Waals surface area contributed by atoms with Gasteiger partial charge < -0.3 is 14.5 Å². The van der Waals surface area contributed by atoms with E-state index in [-0.39, 0.29) is 5.91 Å². The Morgan fingerprint density at radius 3 is 2.65 bits per heavy atom. The zero-order valence-corrected chi connectivity index (χ0v) is 16.3. The Kier molecular flexibility index (Phi) is 5.91. The molecule has 2 aromatic carbocycles. The van der Waals surface area contributed by atoms with Crippen LogP contribution in [0, 0.1) is 0 Å². The number of rotatable bonds is 7. The van der Waals surface area contributed by atoms with E-state index in [0.29, 0.717) is 13.1 Å². The predicted molar refractivity (Wildman–Crippen MR) is 107 cm³/mol. The number of methoxy groups -OCH3 is 1. The van der Waals surface area contributed by atoms with E-state index < -0.39 is 0 Å². The predicted octanol–water partition coefficient (Wildman–Crippen LogP) is 2.58. The van der Waals surface area contributed by atoms with Crippen LogP contribution < -0.4 is 9.64 Å². The van der Waals surface area contributed by atoms with E-state index in [1.807, 2.05) is 24.1 Å². The summed E-state index contributed by atoms with van der Waals surface area (Å²) >= 11 is 1.74. The van der Waals surface area contributed by atoms with Crippen LogP contribution in [0.2, 0.25) is 0 Å². The van der Waals surface area contributed by atoms with Gasteiger partial charge in [0.1, 0.15) is 12.3 Å². The van der Waals surface area contributed by atoms with Crippen molar-refractivity contribution < 1.29 is 14.4 Å². The summed E-state index contributed by atoms with van der Waals surface area (Å²) < 4.78 is 5.27. The van der Waals surface area contributed by atoms with Crippen molar-refractivity contribution in [2.24, 2.45) is 0 Å². The number of nitrogens with zero attached hydrogens (tertiary/aromatic N) is 1. The fourth-order valence-corrected chi connectivity index (χ4v) is 3.85. The number of carbonyl (C=O) groups is 1. The number of likely N-dealkylation sites (N-methyl/N-ethyl adjacent to an activating group) is 2. The molecule has 1 unspecified atom stereocenters. The van der Waals surface area contributed by atoms with E-state index in [1.54, 1.807) is 18.4 Å². The van der Waals surface area contributed by atoms with Crippen molar-refractivity contribution in [3.63, 3.8) is 0 Å². The van der Waals surface area contributed by atoms with E-state index >= 15 is 0 Å². The Morgan fingerprint density at radius 2 is 1.92 bits per heavy atom. The highest BCUT2D eigenvalue weighted by Gasteiger charge is 2.15. The summed E-state index contributed by atoms with van der Waals surface area (Å²) in [5.41, 5.74) is 1.13. The van der Waals surface area contributed by atoms with Crippen LogP contribution >= 0.6 is 11.3 Å². The summed E-state index contributed by atoms with van der Waals surface area (Å²) in [6.07, 6.45) is 0. The molecule has 0 bridgehead atoms. The van der Waals surface area contributed by atoms with Gasteiger partial charge in [-0.05, 0) is 46.0 Å². The van der Waals surface area contributed by atoms with Crippen LogP contribution in [0.1, 0.15) is 10.4 Å². The summed E-state index contributed by atoms with van der Waals surface area (Å²) in [4.78, 5) is 16.8. The molecule has 3 aromatic rings.